The van der Waals surface area contributed by atoms with Gasteiger partial charge in [-0.1, -0.05) is 17.8 Å². The number of halogens is 1. The maximum atomic E-state index is 4.44. The van der Waals surface area contributed by atoms with Crippen molar-refractivity contribution in [3.8, 4) is 0 Å². The summed E-state index contributed by atoms with van der Waals surface area (Å²) in [5.74, 6) is 1.57. The van der Waals surface area contributed by atoms with Gasteiger partial charge in [0, 0.05) is 17.6 Å². The topological polar surface area (TPSA) is 49.8 Å². The lowest BCUT2D eigenvalue weighted by molar-refractivity contribution is 0.977. The van der Waals surface area contributed by atoms with Crippen LogP contribution < -0.4 is 10.6 Å². The molecule has 2 N–H and O–H groups in total. The second-order valence-corrected chi connectivity index (χ2v) is 5.61. The SMILES string of the molecule is CNc1cc(Nc2ccc(C)cc2Br)nc(SC)n1. The van der Waals surface area contributed by atoms with Gasteiger partial charge in [0.15, 0.2) is 5.16 Å². The lowest BCUT2D eigenvalue weighted by Crippen LogP contribution is -2.01. The number of benzene rings is 1. The summed E-state index contributed by atoms with van der Waals surface area (Å²) in [5.41, 5.74) is 2.19. The van der Waals surface area contributed by atoms with Crippen molar-refractivity contribution < 1.29 is 0 Å². The van der Waals surface area contributed by atoms with E-state index in [9.17, 15) is 0 Å². The molecule has 4 nitrogen and oxygen atoms in total. The Morgan fingerprint density at radius 1 is 1.16 bits per heavy atom. The van der Waals surface area contributed by atoms with Gasteiger partial charge in [0.2, 0.25) is 0 Å². The third-order valence-electron chi connectivity index (χ3n) is 2.53. The van der Waals surface area contributed by atoms with Crippen LogP contribution >= 0.6 is 27.7 Å². The van der Waals surface area contributed by atoms with Gasteiger partial charge < -0.3 is 10.6 Å². The molecule has 0 saturated carbocycles. The number of aromatic nitrogens is 2. The van der Waals surface area contributed by atoms with Gasteiger partial charge in [-0.25, -0.2) is 9.97 Å². The van der Waals surface area contributed by atoms with E-state index in [1.54, 1.807) is 0 Å². The summed E-state index contributed by atoms with van der Waals surface area (Å²) >= 11 is 5.06. The zero-order valence-electron chi connectivity index (χ0n) is 11.0. The minimum absolute atomic E-state index is 0.734. The molecular weight excluding hydrogens is 324 g/mol. The molecule has 0 bridgehead atoms. The van der Waals surface area contributed by atoms with Crippen LogP contribution in [-0.2, 0) is 0 Å². The molecule has 0 radical (unpaired) electrons. The first-order chi connectivity index (χ1) is 9.12. The van der Waals surface area contributed by atoms with E-state index in [1.165, 1.54) is 17.3 Å². The third kappa shape index (κ3) is 3.61. The molecule has 0 saturated heterocycles. The molecule has 19 heavy (non-hydrogen) atoms. The summed E-state index contributed by atoms with van der Waals surface area (Å²) in [7, 11) is 1.85. The Morgan fingerprint density at radius 3 is 2.53 bits per heavy atom. The van der Waals surface area contributed by atoms with Gasteiger partial charge in [0.1, 0.15) is 11.6 Å². The van der Waals surface area contributed by atoms with Gasteiger partial charge in [-0.2, -0.15) is 0 Å². The Balaban J connectivity index is 2.31. The van der Waals surface area contributed by atoms with Crippen LogP contribution in [0.3, 0.4) is 0 Å². The maximum Gasteiger partial charge on any atom is 0.191 e. The van der Waals surface area contributed by atoms with Crippen molar-refractivity contribution in [2.75, 3.05) is 23.9 Å². The molecular formula is C13H15BrN4S. The molecule has 0 aliphatic rings. The van der Waals surface area contributed by atoms with E-state index in [2.05, 4.69) is 55.6 Å². The highest BCUT2D eigenvalue weighted by atomic mass is 79.9. The number of nitrogens with one attached hydrogen (secondary N) is 2. The van der Waals surface area contributed by atoms with Gasteiger partial charge in [0.25, 0.3) is 0 Å². The standard InChI is InChI=1S/C13H15BrN4S/c1-8-4-5-10(9(14)6-8)16-12-7-11(15-2)17-13(18-12)19-3/h4-7H,1-3H3,(H2,15,16,17,18). The highest BCUT2D eigenvalue weighted by Crippen LogP contribution is 2.27. The van der Waals surface area contributed by atoms with E-state index in [0.29, 0.717) is 0 Å². The molecule has 0 aliphatic heterocycles. The van der Waals surface area contributed by atoms with E-state index in [-0.39, 0.29) is 0 Å². The van der Waals surface area contributed by atoms with Crippen molar-refractivity contribution in [1.29, 1.82) is 0 Å². The maximum absolute atomic E-state index is 4.44. The van der Waals surface area contributed by atoms with Crippen LogP contribution in [0, 0.1) is 6.92 Å². The molecule has 0 spiro atoms. The fourth-order valence-electron chi connectivity index (χ4n) is 1.57. The third-order valence-corrected chi connectivity index (χ3v) is 3.74. The van der Waals surface area contributed by atoms with Crippen molar-refractivity contribution in [3.05, 3.63) is 34.3 Å². The molecule has 1 aromatic heterocycles. The van der Waals surface area contributed by atoms with Gasteiger partial charge in [-0.3, -0.25) is 0 Å². The largest absolute Gasteiger partial charge is 0.373 e. The van der Waals surface area contributed by atoms with Crippen LogP contribution in [0.15, 0.2) is 33.9 Å². The van der Waals surface area contributed by atoms with E-state index in [1.807, 2.05) is 25.4 Å². The fraction of sp³-hybridized carbons (Fsp3) is 0.231. The Morgan fingerprint density at radius 2 is 1.89 bits per heavy atom. The second-order valence-electron chi connectivity index (χ2n) is 3.98. The van der Waals surface area contributed by atoms with E-state index in [4.69, 9.17) is 0 Å². The summed E-state index contributed by atoms with van der Waals surface area (Å²) in [6.07, 6.45) is 1.96. The molecule has 2 rings (SSSR count). The molecule has 6 heteroatoms. The molecule has 0 atom stereocenters. The Labute approximate surface area is 125 Å². The van der Waals surface area contributed by atoms with Crippen molar-refractivity contribution in [2.24, 2.45) is 0 Å². The van der Waals surface area contributed by atoms with Crippen LogP contribution in [0.1, 0.15) is 5.56 Å². The summed E-state index contributed by atoms with van der Waals surface area (Å²) < 4.78 is 1.02. The molecule has 2 aromatic rings. The minimum Gasteiger partial charge on any atom is -0.373 e. The normalized spacial score (nSPS) is 10.3. The number of rotatable bonds is 4. The van der Waals surface area contributed by atoms with E-state index < -0.39 is 0 Å². The van der Waals surface area contributed by atoms with Gasteiger partial charge in [0.05, 0.1) is 5.69 Å². The Kier molecular flexibility index (Phi) is 4.66. The number of anilines is 3. The molecule has 0 amide bonds. The predicted molar refractivity (Wildman–Crippen MR) is 85.5 cm³/mol. The first-order valence-electron chi connectivity index (χ1n) is 5.76. The average Bonchev–Trinajstić information content (AvgIpc) is 2.41. The summed E-state index contributed by atoms with van der Waals surface area (Å²) in [6.45, 7) is 2.06. The molecule has 0 aliphatic carbocycles. The minimum atomic E-state index is 0.734. The molecule has 1 aromatic carbocycles. The first kappa shape index (κ1) is 14.1. The van der Waals surface area contributed by atoms with E-state index >= 15 is 0 Å². The summed E-state index contributed by atoms with van der Waals surface area (Å²) in [5, 5.41) is 7.07. The highest BCUT2D eigenvalue weighted by Gasteiger charge is 2.05. The number of aryl methyl sites for hydroxylation is 1. The Hall–Kier alpha value is -1.27. The van der Waals surface area contributed by atoms with Crippen LogP contribution in [0.5, 0.6) is 0 Å². The molecule has 1 heterocycles. The Bertz CT molecular complexity index is 567. The average molecular weight is 339 g/mol. The number of thioether (sulfide) groups is 1. The summed E-state index contributed by atoms with van der Waals surface area (Å²) in [6, 6.07) is 8.03. The number of hydrogen-bond donors (Lipinski definition) is 2. The van der Waals surface area contributed by atoms with Crippen molar-refractivity contribution in [1.82, 2.24) is 9.97 Å². The van der Waals surface area contributed by atoms with Gasteiger partial charge in [-0.05, 0) is 46.8 Å². The predicted octanol–water partition coefficient (Wildman–Crippen LogP) is 4.05. The smallest absolute Gasteiger partial charge is 0.191 e. The quantitative estimate of drug-likeness (QED) is 0.650. The molecule has 100 valence electrons. The zero-order valence-corrected chi connectivity index (χ0v) is 13.4. The monoisotopic (exact) mass is 338 g/mol. The van der Waals surface area contributed by atoms with Crippen molar-refractivity contribution in [3.63, 3.8) is 0 Å². The fourth-order valence-corrected chi connectivity index (χ4v) is 2.54. The zero-order chi connectivity index (χ0) is 13.8. The van der Waals surface area contributed by atoms with Crippen LogP contribution in [-0.4, -0.2) is 23.3 Å². The van der Waals surface area contributed by atoms with Crippen LogP contribution in [0.4, 0.5) is 17.3 Å². The van der Waals surface area contributed by atoms with Crippen molar-refractivity contribution >= 4 is 45.0 Å². The van der Waals surface area contributed by atoms with Crippen LogP contribution in [0.2, 0.25) is 0 Å². The summed E-state index contributed by atoms with van der Waals surface area (Å²) in [4.78, 5) is 8.78. The highest BCUT2D eigenvalue weighted by molar-refractivity contribution is 9.10. The van der Waals surface area contributed by atoms with E-state index in [0.717, 1.165) is 27.0 Å². The van der Waals surface area contributed by atoms with Gasteiger partial charge >= 0.3 is 0 Å². The van der Waals surface area contributed by atoms with Crippen molar-refractivity contribution in [2.45, 2.75) is 12.1 Å². The van der Waals surface area contributed by atoms with Crippen LogP contribution in [0.25, 0.3) is 0 Å². The molecule has 0 fully saturated rings. The molecule has 0 unspecified atom stereocenters. The number of nitrogens with zero attached hydrogens (tertiary/aromatic N) is 2. The second kappa shape index (κ2) is 6.25. The lowest BCUT2D eigenvalue weighted by atomic mass is 10.2. The number of hydrogen-bond acceptors (Lipinski definition) is 5. The first-order valence-corrected chi connectivity index (χ1v) is 7.78. The van der Waals surface area contributed by atoms with Gasteiger partial charge in [-0.15, -0.1) is 0 Å². The lowest BCUT2D eigenvalue weighted by Gasteiger charge is -2.10.